The molecule has 3 aromatic rings. The molecule has 2 heterocycles. The van der Waals surface area contributed by atoms with Crippen LogP contribution in [0.25, 0.3) is 11.3 Å². The van der Waals surface area contributed by atoms with Gasteiger partial charge >= 0.3 is 5.97 Å². The summed E-state index contributed by atoms with van der Waals surface area (Å²) in [4.78, 5) is 15.6. The van der Waals surface area contributed by atoms with Gasteiger partial charge in [0.05, 0.1) is 17.8 Å². The van der Waals surface area contributed by atoms with E-state index in [1.54, 1.807) is 18.3 Å². The van der Waals surface area contributed by atoms with Crippen molar-refractivity contribution >= 4 is 17.6 Å². The lowest BCUT2D eigenvalue weighted by Gasteiger charge is -2.33. The van der Waals surface area contributed by atoms with Gasteiger partial charge in [-0.2, -0.15) is 5.10 Å². The number of piperidine rings is 1. The molecule has 4 rings (SSSR count). The predicted molar refractivity (Wildman–Crippen MR) is 114 cm³/mol. The Balaban J connectivity index is 1.68. The Bertz CT molecular complexity index is 948. The van der Waals surface area contributed by atoms with Gasteiger partial charge in [-0.25, -0.2) is 0 Å². The number of carbonyl (C=O) groups is 1. The monoisotopic (exact) mass is 409 g/mol. The van der Waals surface area contributed by atoms with E-state index in [4.69, 9.17) is 16.3 Å². The highest BCUT2D eigenvalue weighted by Crippen LogP contribution is 2.38. The molecule has 1 saturated heterocycles. The van der Waals surface area contributed by atoms with Gasteiger partial charge in [0.2, 0.25) is 0 Å². The van der Waals surface area contributed by atoms with Gasteiger partial charge in [-0.15, -0.1) is 0 Å². The summed E-state index contributed by atoms with van der Waals surface area (Å²) in [5.41, 5.74) is 2.67. The molecular weight excluding hydrogens is 386 g/mol. The average molecular weight is 410 g/mol. The standard InChI is InChI=1S/C23H24ClN3O2/c1-27-13-11-16(12-14-27)21(23(28)29-19-5-3-2-4-6-19)20-15-25-26-22(20)17-7-9-18(24)10-8-17/h2-10,15-16,21H,11-14H2,1H3,(H,25,26). The number of hydrogen-bond donors (Lipinski definition) is 1. The summed E-state index contributed by atoms with van der Waals surface area (Å²) in [5, 5.41) is 8.01. The Kier molecular flexibility index (Phi) is 5.97. The van der Waals surface area contributed by atoms with Crippen molar-refractivity contribution in [2.75, 3.05) is 20.1 Å². The Hall–Kier alpha value is -2.63. The van der Waals surface area contributed by atoms with E-state index < -0.39 is 0 Å². The first-order valence-corrected chi connectivity index (χ1v) is 10.2. The van der Waals surface area contributed by atoms with E-state index >= 15 is 0 Å². The van der Waals surface area contributed by atoms with Crippen molar-refractivity contribution in [2.24, 2.45) is 5.92 Å². The van der Waals surface area contributed by atoms with Crippen LogP contribution < -0.4 is 4.74 Å². The fourth-order valence-electron chi connectivity index (χ4n) is 3.98. The van der Waals surface area contributed by atoms with Crippen molar-refractivity contribution in [3.05, 3.63) is 71.4 Å². The van der Waals surface area contributed by atoms with Crippen LogP contribution in [0.2, 0.25) is 5.02 Å². The smallest absolute Gasteiger partial charge is 0.319 e. The molecule has 0 amide bonds. The Morgan fingerprint density at radius 3 is 2.52 bits per heavy atom. The molecule has 1 aromatic heterocycles. The number of esters is 1. The number of benzene rings is 2. The summed E-state index contributed by atoms with van der Waals surface area (Å²) in [6.45, 7) is 1.93. The fraction of sp³-hybridized carbons (Fsp3) is 0.304. The summed E-state index contributed by atoms with van der Waals surface area (Å²) in [5.74, 6) is 0.147. The number of ether oxygens (including phenoxy) is 1. The molecule has 1 unspecified atom stereocenters. The quantitative estimate of drug-likeness (QED) is 0.487. The number of H-pyrrole nitrogens is 1. The maximum atomic E-state index is 13.3. The van der Waals surface area contributed by atoms with Crippen LogP contribution in [0.5, 0.6) is 5.75 Å². The molecule has 1 aliphatic heterocycles. The van der Waals surface area contributed by atoms with E-state index in [0.29, 0.717) is 10.8 Å². The van der Waals surface area contributed by atoms with Crippen molar-refractivity contribution in [1.29, 1.82) is 0 Å². The summed E-state index contributed by atoms with van der Waals surface area (Å²) >= 11 is 6.05. The summed E-state index contributed by atoms with van der Waals surface area (Å²) in [6.07, 6.45) is 3.64. The Morgan fingerprint density at radius 2 is 1.83 bits per heavy atom. The molecule has 1 fully saturated rings. The molecule has 6 heteroatoms. The zero-order valence-electron chi connectivity index (χ0n) is 16.3. The maximum Gasteiger partial charge on any atom is 0.319 e. The van der Waals surface area contributed by atoms with Crippen LogP contribution in [0.3, 0.4) is 0 Å². The van der Waals surface area contributed by atoms with Gasteiger partial charge in [0.15, 0.2) is 0 Å². The third kappa shape index (κ3) is 4.52. The van der Waals surface area contributed by atoms with E-state index in [2.05, 4.69) is 22.1 Å². The Labute approximate surface area is 175 Å². The zero-order chi connectivity index (χ0) is 20.2. The molecule has 29 heavy (non-hydrogen) atoms. The lowest BCUT2D eigenvalue weighted by atomic mass is 9.79. The van der Waals surface area contributed by atoms with Crippen LogP contribution in [0.15, 0.2) is 60.8 Å². The second-order valence-corrected chi connectivity index (χ2v) is 8.00. The van der Waals surface area contributed by atoms with Crippen molar-refractivity contribution in [1.82, 2.24) is 15.1 Å². The molecule has 0 saturated carbocycles. The van der Waals surface area contributed by atoms with Crippen LogP contribution in [0, 0.1) is 5.92 Å². The normalized spacial score (nSPS) is 16.5. The van der Waals surface area contributed by atoms with Gasteiger partial charge in [-0.3, -0.25) is 9.89 Å². The SMILES string of the molecule is CN1CCC(C(C(=O)Oc2ccccc2)c2cn[nH]c2-c2ccc(Cl)cc2)CC1. The molecule has 1 N–H and O–H groups in total. The fourth-order valence-corrected chi connectivity index (χ4v) is 4.11. The number of hydrogen-bond acceptors (Lipinski definition) is 4. The number of rotatable bonds is 5. The van der Waals surface area contributed by atoms with Crippen molar-refractivity contribution < 1.29 is 9.53 Å². The van der Waals surface area contributed by atoms with Gasteiger partial charge in [0, 0.05) is 10.6 Å². The molecule has 0 spiro atoms. The van der Waals surface area contributed by atoms with Crippen LogP contribution in [0.1, 0.15) is 24.3 Å². The molecule has 5 nitrogen and oxygen atoms in total. The Morgan fingerprint density at radius 1 is 1.14 bits per heavy atom. The topological polar surface area (TPSA) is 58.2 Å². The second-order valence-electron chi connectivity index (χ2n) is 7.56. The number of nitrogens with one attached hydrogen (secondary N) is 1. The van der Waals surface area contributed by atoms with Gasteiger partial charge in [-0.1, -0.05) is 41.9 Å². The molecule has 0 radical (unpaired) electrons. The molecule has 1 aliphatic rings. The van der Waals surface area contributed by atoms with E-state index in [9.17, 15) is 4.79 Å². The third-order valence-electron chi connectivity index (χ3n) is 5.59. The first kappa shape index (κ1) is 19.7. The van der Waals surface area contributed by atoms with Gasteiger partial charge < -0.3 is 9.64 Å². The largest absolute Gasteiger partial charge is 0.426 e. The molecule has 1 atom stereocenters. The van der Waals surface area contributed by atoms with Crippen molar-refractivity contribution in [3.63, 3.8) is 0 Å². The number of aromatic amines is 1. The maximum absolute atomic E-state index is 13.3. The highest BCUT2D eigenvalue weighted by molar-refractivity contribution is 6.30. The molecular formula is C23H24ClN3O2. The number of carbonyl (C=O) groups excluding carboxylic acids is 1. The van der Waals surface area contributed by atoms with E-state index in [0.717, 1.165) is 42.8 Å². The lowest BCUT2D eigenvalue weighted by molar-refractivity contribution is -0.138. The third-order valence-corrected chi connectivity index (χ3v) is 5.84. The first-order valence-electron chi connectivity index (χ1n) is 9.86. The number of likely N-dealkylation sites (tertiary alicyclic amines) is 1. The van der Waals surface area contributed by atoms with Crippen LogP contribution >= 0.6 is 11.6 Å². The minimum absolute atomic E-state index is 0.200. The lowest BCUT2D eigenvalue weighted by Crippen LogP contribution is -2.36. The van der Waals surface area contributed by atoms with E-state index in [-0.39, 0.29) is 17.8 Å². The number of aromatic nitrogens is 2. The number of nitrogens with zero attached hydrogens (tertiary/aromatic N) is 2. The van der Waals surface area contributed by atoms with Crippen LogP contribution in [-0.2, 0) is 4.79 Å². The minimum Gasteiger partial charge on any atom is -0.426 e. The highest BCUT2D eigenvalue weighted by Gasteiger charge is 2.36. The first-order chi connectivity index (χ1) is 14.1. The van der Waals surface area contributed by atoms with Crippen molar-refractivity contribution in [2.45, 2.75) is 18.8 Å². The predicted octanol–water partition coefficient (Wildman–Crippen LogP) is 4.76. The highest BCUT2D eigenvalue weighted by atomic mass is 35.5. The number of para-hydroxylation sites is 1. The summed E-state index contributed by atoms with van der Waals surface area (Å²) in [6, 6.07) is 16.8. The van der Waals surface area contributed by atoms with Crippen molar-refractivity contribution in [3.8, 4) is 17.0 Å². The average Bonchev–Trinajstić information content (AvgIpc) is 3.20. The molecule has 0 aliphatic carbocycles. The van der Waals surface area contributed by atoms with E-state index in [1.165, 1.54) is 0 Å². The second kappa shape index (κ2) is 8.80. The van der Waals surface area contributed by atoms with Crippen LogP contribution in [0.4, 0.5) is 0 Å². The summed E-state index contributed by atoms with van der Waals surface area (Å²) in [7, 11) is 2.12. The molecule has 0 bridgehead atoms. The zero-order valence-corrected chi connectivity index (χ0v) is 17.1. The van der Waals surface area contributed by atoms with Gasteiger partial charge in [0.1, 0.15) is 5.75 Å². The van der Waals surface area contributed by atoms with E-state index in [1.807, 2.05) is 42.5 Å². The van der Waals surface area contributed by atoms with Gasteiger partial charge in [-0.05, 0) is 68.7 Å². The van der Waals surface area contributed by atoms with Crippen LogP contribution in [-0.4, -0.2) is 41.2 Å². The van der Waals surface area contributed by atoms with Gasteiger partial charge in [0.25, 0.3) is 0 Å². The number of halogens is 1. The summed E-state index contributed by atoms with van der Waals surface area (Å²) < 4.78 is 5.78. The molecule has 150 valence electrons. The molecule has 2 aromatic carbocycles. The minimum atomic E-state index is -0.381.